The van der Waals surface area contributed by atoms with Crippen LogP contribution in [0.5, 0.6) is 0 Å². The zero-order chi connectivity index (χ0) is 21.0. The molecule has 14 heteroatoms. The van der Waals surface area contributed by atoms with Gasteiger partial charge in [-0.05, 0) is 4.57 Å². The average molecular weight is 433 g/mol. The number of hydrogen-bond donors (Lipinski definition) is 4. The predicted octanol–water partition coefficient (Wildman–Crippen LogP) is -2.00. The molecule has 5 fully saturated rings. The minimum atomic E-state index is -1.17. The van der Waals surface area contributed by atoms with E-state index in [0.717, 1.165) is 0 Å². The quantitative estimate of drug-likeness (QED) is 0.209. The molecule has 0 aromatic carbocycles. The molecule has 160 valence electrons. The van der Waals surface area contributed by atoms with Crippen molar-refractivity contribution < 1.29 is 42.8 Å². The Morgan fingerprint density at radius 3 is 1.86 bits per heavy atom. The molecule has 13 nitrogen and oxygen atoms in total. The second kappa shape index (κ2) is 9.09. The number of ether oxygens (including phenoxy) is 3. The van der Waals surface area contributed by atoms with E-state index < -0.39 is 20.3 Å². The van der Waals surface area contributed by atoms with Gasteiger partial charge in [0, 0.05) is 12.8 Å². The lowest BCUT2D eigenvalue weighted by Gasteiger charge is -2.34. The van der Waals surface area contributed by atoms with Crippen molar-refractivity contribution in [2.24, 2.45) is 0 Å². The molecule has 0 aromatic heterocycles. The van der Waals surface area contributed by atoms with Crippen LogP contribution in [0.4, 0.5) is 9.59 Å². The first-order valence-electron chi connectivity index (χ1n) is 8.94. The minimum absolute atomic E-state index is 0.0660. The highest BCUT2D eigenvalue weighted by molar-refractivity contribution is 7.16. The van der Waals surface area contributed by atoms with Gasteiger partial charge in [-0.1, -0.05) is 0 Å². The molecule has 5 rings (SSSR count). The fraction of sp³-hybridized carbons (Fsp3) is 0.733. The van der Waals surface area contributed by atoms with Gasteiger partial charge in [0.05, 0.1) is 51.2 Å². The van der Waals surface area contributed by atoms with E-state index in [2.05, 4.69) is 10.6 Å². The topological polar surface area (TPSA) is 182 Å². The molecular formula is C15H22N4O9P+. The lowest BCUT2D eigenvalue weighted by Crippen LogP contribution is -2.53. The van der Waals surface area contributed by atoms with Crippen LogP contribution in [0.15, 0.2) is 0 Å². The van der Waals surface area contributed by atoms with Crippen LogP contribution in [-0.4, -0.2) is 90.4 Å². The number of amides is 6. The van der Waals surface area contributed by atoms with Gasteiger partial charge in [0.15, 0.2) is 0 Å². The first kappa shape index (κ1) is 21.5. The van der Waals surface area contributed by atoms with Crippen LogP contribution in [0.1, 0.15) is 12.8 Å². The van der Waals surface area contributed by atoms with E-state index >= 15 is 0 Å². The summed E-state index contributed by atoms with van der Waals surface area (Å²) in [6.45, 7) is 2.59. The lowest BCUT2D eigenvalue weighted by atomic mass is 9.86. The van der Waals surface area contributed by atoms with Crippen molar-refractivity contribution in [3.05, 3.63) is 0 Å². The van der Waals surface area contributed by atoms with E-state index in [1.807, 2.05) is 5.32 Å². The van der Waals surface area contributed by atoms with E-state index in [-0.39, 0.29) is 42.7 Å². The van der Waals surface area contributed by atoms with Crippen molar-refractivity contribution >= 4 is 32.6 Å². The predicted molar refractivity (Wildman–Crippen MR) is 94.2 cm³/mol. The van der Waals surface area contributed by atoms with Crippen molar-refractivity contribution in [3.8, 4) is 0 Å². The highest BCUT2D eigenvalue weighted by Gasteiger charge is 2.58. The molecule has 5 aliphatic heterocycles. The van der Waals surface area contributed by atoms with Crippen molar-refractivity contribution in [1.82, 2.24) is 20.9 Å². The Hall–Kier alpha value is -2.18. The standard InChI is InChI=1S/C12H16N2O5.C3H4N2O2.HO2P/c15-10-12(1-7-4-17-7,2-8-5-18-8)14(11(16)13-10)3-9-6-19-9;6-2-1-4-3(7)5-2;1-3-2/h7-9H,1-6H2,(H,13,15,16);1H2,(H2,4,5,6,7);3H/p+1. The van der Waals surface area contributed by atoms with Gasteiger partial charge in [-0.3, -0.25) is 20.2 Å². The molecule has 4 atom stereocenters. The summed E-state index contributed by atoms with van der Waals surface area (Å²) in [5.74, 6) is -0.478. The molecule has 4 N–H and O–H groups in total. The largest absolute Gasteiger partial charge is 0.491 e. The molecule has 0 bridgehead atoms. The van der Waals surface area contributed by atoms with Crippen molar-refractivity contribution in [1.29, 1.82) is 0 Å². The minimum Gasteiger partial charge on any atom is -0.373 e. The summed E-state index contributed by atoms with van der Waals surface area (Å²) in [7, 11) is -1.17. The van der Waals surface area contributed by atoms with Crippen LogP contribution < -0.4 is 16.0 Å². The monoisotopic (exact) mass is 433 g/mol. The molecule has 0 saturated carbocycles. The molecule has 5 aliphatic rings. The lowest BCUT2D eigenvalue weighted by molar-refractivity contribution is -0.128. The fourth-order valence-corrected chi connectivity index (χ4v) is 3.22. The first-order valence-corrected chi connectivity index (χ1v) is 9.80. The molecule has 0 radical (unpaired) electrons. The number of hydrogen-bond acceptors (Lipinski definition) is 8. The van der Waals surface area contributed by atoms with Gasteiger partial charge in [-0.2, -0.15) is 4.89 Å². The second-order valence-electron chi connectivity index (χ2n) is 7.00. The normalized spacial score (nSPS) is 33.7. The number of nitrogens with zero attached hydrogens (tertiary/aromatic N) is 1. The Morgan fingerprint density at radius 2 is 1.52 bits per heavy atom. The number of epoxide rings is 3. The number of imide groups is 2. The second-order valence-corrected chi connectivity index (χ2v) is 7.18. The first-order chi connectivity index (χ1) is 13.9. The number of urea groups is 2. The van der Waals surface area contributed by atoms with E-state index in [0.29, 0.717) is 39.2 Å². The summed E-state index contributed by atoms with van der Waals surface area (Å²) in [6.07, 6.45) is 1.33. The number of rotatable bonds is 6. The van der Waals surface area contributed by atoms with Crippen molar-refractivity contribution in [2.45, 2.75) is 36.7 Å². The van der Waals surface area contributed by atoms with E-state index in [9.17, 15) is 19.2 Å². The summed E-state index contributed by atoms with van der Waals surface area (Å²) >= 11 is 0. The number of carbonyl (C=O) groups excluding carboxylic acids is 4. The van der Waals surface area contributed by atoms with Gasteiger partial charge in [-0.15, -0.1) is 0 Å². The Morgan fingerprint density at radius 1 is 1.00 bits per heavy atom. The molecule has 5 saturated heterocycles. The molecule has 5 heterocycles. The molecule has 4 unspecified atom stereocenters. The smallest absolute Gasteiger partial charge is 0.373 e. The fourth-order valence-electron chi connectivity index (χ4n) is 3.22. The summed E-state index contributed by atoms with van der Waals surface area (Å²) < 4.78 is 24.2. The highest BCUT2D eigenvalue weighted by Crippen LogP contribution is 2.39. The van der Waals surface area contributed by atoms with E-state index in [4.69, 9.17) is 23.7 Å². The maximum absolute atomic E-state index is 12.3. The Bertz CT molecular complexity index is 665. The van der Waals surface area contributed by atoms with Crippen molar-refractivity contribution in [2.75, 3.05) is 32.9 Å². The van der Waals surface area contributed by atoms with Crippen LogP contribution in [0.2, 0.25) is 0 Å². The van der Waals surface area contributed by atoms with Crippen LogP contribution in [0, 0.1) is 0 Å². The zero-order valence-corrected chi connectivity index (χ0v) is 16.3. The van der Waals surface area contributed by atoms with Crippen LogP contribution >= 0.6 is 8.69 Å². The maximum atomic E-state index is 12.3. The van der Waals surface area contributed by atoms with Gasteiger partial charge in [-0.25, -0.2) is 9.59 Å². The van der Waals surface area contributed by atoms with Gasteiger partial charge in [0.2, 0.25) is 5.91 Å². The van der Waals surface area contributed by atoms with Crippen LogP contribution in [0.3, 0.4) is 0 Å². The number of nitrogens with one attached hydrogen (secondary N) is 3. The molecular weight excluding hydrogens is 411 g/mol. The van der Waals surface area contributed by atoms with Crippen LogP contribution in [0.25, 0.3) is 0 Å². The van der Waals surface area contributed by atoms with Gasteiger partial charge in [0.25, 0.3) is 5.91 Å². The average Bonchev–Trinajstić information content (AvgIpc) is 3.53. The molecule has 29 heavy (non-hydrogen) atoms. The van der Waals surface area contributed by atoms with Gasteiger partial charge >= 0.3 is 20.7 Å². The molecule has 0 spiro atoms. The maximum Gasteiger partial charge on any atom is 0.491 e. The van der Waals surface area contributed by atoms with Gasteiger partial charge < -0.3 is 24.4 Å². The molecule has 0 aliphatic carbocycles. The van der Waals surface area contributed by atoms with Crippen LogP contribution in [-0.2, 0) is 28.4 Å². The summed E-state index contributed by atoms with van der Waals surface area (Å²) in [4.78, 5) is 53.1. The third-order valence-corrected chi connectivity index (χ3v) is 4.79. The van der Waals surface area contributed by atoms with Gasteiger partial charge in [0.1, 0.15) is 5.54 Å². The SMILES string of the molecule is O=C1CNC(=O)N1.O=C1NC(=O)C(CC2CO2)(CC2CO2)N1CC1CO1.O=[PH+]O. The zero-order valence-electron chi connectivity index (χ0n) is 15.3. The Labute approximate surface area is 166 Å². The molecule has 0 aromatic rings. The third kappa shape index (κ3) is 5.90. The highest BCUT2D eigenvalue weighted by atomic mass is 31.1. The van der Waals surface area contributed by atoms with Crippen molar-refractivity contribution in [3.63, 3.8) is 0 Å². The summed E-state index contributed by atoms with van der Waals surface area (Å²) in [5, 5.41) is 6.74. The Kier molecular flexibility index (Phi) is 6.75. The third-order valence-electron chi connectivity index (χ3n) is 4.79. The summed E-state index contributed by atoms with van der Waals surface area (Å²) in [6, 6.07) is -0.716. The van der Waals surface area contributed by atoms with E-state index in [1.54, 1.807) is 4.90 Å². The number of carbonyl (C=O) groups is 4. The summed E-state index contributed by atoms with van der Waals surface area (Å²) in [5.41, 5.74) is -0.814. The molecule has 6 amide bonds. The van der Waals surface area contributed by atoms with E-state index in [1.165, 1.54) is 0 Å². The Balaban J connectivity index is 0.000000201.